The van der Waals surface area contributed by atoms with E-state index in [1.807, 2.05) is 6.07 Å². The fourth-order valence-electron chi connectivity index (χ4n) is 2.28. The average molecular weight is 312 g/mol. The third-order valence-corrected chi connectivity index (χ3v) is 3.51. The van der Waals surface area contributed by atoms with Gasteiger partial charge in [0, 0.05) is 11.1 Å². The first-order chi connectivity index (χ1) is 11.2. The molecular weight excluding hydrogens is 296 g/mol. The number of hydrogen-bond acceptors (Lipinski definition) is 5. The summed E-state index contributed by atoms with van der Waals surface area (Å²) in [6, 6.07) is 10.5. The molecule has 5 nitrogen and oxygen atoms in total. The van der Waals surface area contributed by atoms with Crippen LogP contribution in [0.15, 0.2) is 42.5 Å². The smallest absolute Gasteiger partial charge is 0.231 e. The zero-order valence-corrected chi connectivity index (χ0v) is 12.9. The van der Waals surface area contributed by atoms with E-state index in [2.05, 4.69) is 0 Å². The maximum absolute atomic E-state index is 12.3. The molecule has 3 rings (SSSR count). The summed E-state index contributed by atoms with van der Waals surface area (Å²) in [7, 11) is 3.17. The molecule has 0 radical (unpaired) electrons. The SMILES string of the molecule is COc1ccc(OC)c(C=CC(=O)c2ccc3c(c2)OCO3)c1. The maximum Gasteiger partial charge on any atom is 0.231 e. The van der Waals surface area contributed by atoms with E-state index < -0.39 is 0 Å². The zero-order chi connectivity index (χ0) is 16.2. The number of ether oxygens (including phenoxy) is 4. The van der Waals surface area contributed by atoms with Crippen molar-refractivity contribution in [3.63, 3.8) is 0 Å². The van der Waals surface area contributed by atoms with Gasteiger partial charge in [-0.2, -0.15) is 0 Å². The molecule has 0 unspecified atom stereocenters. The van der Waals surface area contributed by atoms with Crippen LogP contribution in [0.5, 0.6) is 23.0 Å². The standard InChI is InChI=1S/C18H16O5/c1-20-14-5-8-16(21-2)13(9-14)3-6-15(19)12-4-7-17-18(10-12)23-11-22-17/h3-10H,11H2,1-2H3. The van der Waals surface area contributed by atoms with Crippen molar-refractivity contribution in [1.82, 2.24) is 0 Å². The highest BCUT2D eigenvalue weighted by molar-refractivity contribution is 6.07. The molecule has 2 aromatic carbocycles. The Labute approximate surface area is 134 Å². The first kappa shape index (κ1) is 15.0. The van der Waals surface area contributed by atoms with E-state index in [4.69, 9.17) is 18.9 Å². The molecule has 5 heteroatoms. The summed E-state index contributed by atoms with van der Waals surface area (Å²) in [4.78, 5) is 12.3. The van der Waals surface area contributed by atoms with Crippen LogP contribution in [0.2, 0.25) is 0 Å². The first-order valence-corrected chi connectivity index (χ1v) is 7.05. The first-order valence-electron chi connectivity index (χ1n) is 7.05. The Morgan fingerprint density at radius 1 is 1.04 bits per heavy atom. The Hall–Kier alpha value is -2.95. The summed E-state index contributed by atoms with van der Waals surface area (Å²) in [5.41, 5.74) is 1.30. The molecule has 0 atom stereocenters. The lowest BCUT2D eigenvalue weighted by molar-refractivity contribution is 0.104. The quantitative estimate of drug-likeness (QED) is 0.626. The molecular formula is C18H16O5. The molecule has 0 saturated heterocycles. The van der Waals surface area contributed by atoms with Crippen molar-refractivity contribution >= 4 is 11.9 Å². The van der Waals surface area contributed by atoms with Crippen LogP contribution in [0.25, 0.3) is 6.08 Å². The van der Waals surface area contributed by atoms with E-state index in [9.17, 15) is 4.79 Å². The van der Waals surface area contributed by atoms with E-state index in [0.717, 1.165) is 5.56 Å². The van der Waals surface area contributed by atoms with Crippen LogP contribution >= 0.6 is 0 Å². The van der Waals surface area contributed by atoms with Crippen LogP contribution in [-0.4, -0.2) is 26.8 Å². The molecule has 0 N–H and O–H groups in total. The predicted octanol–water partition coefficient (Wildman–Crippen LogP) is 3.33. The lowest BCUT2D eigenvalue weighted by Gasteiger charge is -2.07. The Kier molecular flexibility index (Phi) is 4.19. The molecule has 0 bridgehead atoms. The molecule has 0 aromatic heterocycles. The number of benzene rings is 2. The van der Waals surface area contributed by atoms with E-state index >= 15 is 0 Å². The highest BCUT2D eigenvalue weighted by atomic mass is 16.7. The molecule has 1 aliphatic heterocycles. The van der Waals surface area contributed by atoms with Crippen LogP contribution in [0.3, 0.4) is 0 Å². The lowest BCUT2D eigenvalue weighted by Crippen LogP contribution is -1.95. The number of allylic oxidation sites excluding steroid dienone is 1. The number of hydrogen-bond donors (Lipinski definition) is 0. The van der Waals surface area contributed by atoms with Gasteiger partial charge in [0.15, 0.2) is 17.3 Å². The van der Waals surface area contributed by atoms with Crippen molar-refractivity contribution in [3.8, 4) is 23.0 Å². The van der Waals surface area contributed by atoms with Crippen LogP contribution < -0.4 is 18.9 Å². The lowest BCUT2D eigenvalue weighted by atomic mass is 10.1. The minimum absolute atomic E-state index is 0.131. The van der Waals surface area contributed by atoms with E-state index in [-0.39, 0.29) is 12.6 Å². The van der Waals surface area contributed by atoms with Crippen molar-refractivity contribution < 1.29 is 23.7 Å². The topological polar surface area (TPSA) is 54.0 Å². The van der Waals surface area contributed by atoms with Gasteiger partial charge < -0.3 is 18.9 Å². The van der Waals surface area contributed by atoms with Crippen LogP contribution in [-0.2, 0) is 0 Å². The summed E-state index contributed by atoms with van der Waals surface area (Å²) in [5, 5.41) is 0. The zero-order valence-electron chi connectivity index (χ0n) is 12.9. The summed E-state index contributed by atoms with van der Waals surface area (Å²) in [5.74, 6) is 2.47. The van der Waals surface area contributed by atoms with Gasteiger partial charge in [-0.15, -0.1) is 0 Å². The highest BCUT2D eigenvalue weighted by Crippen LogP contribution is 2.33. The molecule has 0 saturated carbocycles. The van der Waals surface area contributed by atoms with Gasteiger partial charge in [0.05, 0.1) is 14.2 Å². The summed E-state index contributed by atoms with van der Waals surface area (Å²) >= 11 is 0. The van der Waals surface area contributed by atoms with Gasteiger partial charge in [-0.25, -0.2) is 0 Å². The molecule has 1 heterocycles. The number of rotatable bonds is 5. The number of ketones is 1. The minimum Gasteiger partial charge on any atom is -0.497 e. The Balaban J connectivity index is 1.83. The Morgan fingerprint density at radius 3 is 2.65 bits per heavy atom. The van der Waals surface area contributed by atoms with E-state index in [1.165, 1.54) is 6.08 Å². The molecule has 23 heavy (non-hydrogen) atoms. The van der Waals surface area contributed by atoms with E-state index in [0.29, 0.717) is 28.6 Å². The predicted molar refractivity (Wildman–Crippen MR) is 85.5 cm³/mol. The second-order valence-electron chi connectivity index (χ2n) is 4.87. The molecule has 0 amide bonds. The van der Waals surface area contributed by atoms with Gasteiger partial charge in [-0.1, -0.05) is 0 Å². The van der Waals surface area contributed by atoms with Gasteiger partial charge in [-0.3, -0.25) is 4.79 Å². The van der Waals surface area contributed by atoms with Crippen molar-refractivity contribution in [1.29, 1.82) is 0 Å². The number of carbonyl (C=O) groups excluding carboxylic acids is 1. The molecule has 2 aromatic rings. The molecule has 0 spiro atoms. The number of fused-ring (bicyclic) bond motifs is 1. The monoisotopic (exact) mass is 312 g/mol. The van der Waals surface area contributed by atoms with Gasteiger partial charge in [0.25, 0.3) is 0 Å². The highest BCUT2D eigenvalue weighted by Gasteiger charge is 2.15. The van der Waals surface area contributed by atoms with E-state index in [1.54, 1.807) is 50.6 Å². The van der Waals surface area contributed by atoms with Gasteiger partial charge in [-0.05, 0) is 48.6 Å². The largest absolute Gasteiger partial charge is 0.497 e. The van der Waals surface area contributed by atoms with Gasteiger partial charge >= 0.3 is 0 Å². The second kappa shape index (κ2) is 6.44. The van der Waals surface area contributed by atoms with Crippen molar-refractivity contribution in [2.75, 3.05) is 21.0 Å². The summed E-state index contributed by atoms with van der Waals surface area (Å²) in [6.45, 7) is 0.184. The van der Waals surface area contributed by atoms with Crippen LogP contribution in [0.4, 0.5) is 0 Å². The Morgan fingerprint density at radius 2 is 1.87 bits per heavy atom. The average Bonchev–Trinajstić information content (AvgIpc) is 3.06. The Bertz CT molecular complexity index is 764. The fourth-order valence-corrected chi connectivity index (χ4v) is 2.28. The summed E-state index contributed by atoms with van der Waals surface area (Å²) < 4.78 is 21.0. The van der Waals surface area contributed by atoms with Crippen molar-refractivity contribution in [2.45, 2.75) is 0 Å². The third-order valence-electron chi connectivity index (χ3n) is 3.51. The summed E-state index contributed by atoms with van der Waals surface area (Å²) in [6.07, 6.45) is 3.20. The molecule has 1 aliphatic rings. The van der Waals surface area contributed by atoms with Crippen LogP contribution in [0.1, 0.15) is 15.9 Å². The third kappa shape index (κ3) is 3.13. The maximum atomic E-state index is 12.3. The fraction of sp³-hybridized carbons (Fsp3) is 0.167. The van der Waals surface area contributed by atoms with Crippen molar-refractivity contribution in [3.05, 3.63) is 53.6 Å². The normalized spacial score (nSPS) is 12.4. The number of methoxy groups -OCH3 is 2. The molecule has 0 aliphatic carbocycles. The molecule has 0 fully saturated rings. The van der Waals surface area contributed by atoms with Crippen molar-refractivity contribution in [2.24, 2.45) is 0 Å². The van der Waals surface area contributed by atoms with Gasteiger partial charge in [0.1, 0.15) is 11.5 Å². The second-order valence-corrected chi connectivity index (χ2v) is 4.87. The van der Waals surface area contributed by atoms with Gasteiger partial charge in [0.2, 0.25) is 6.79 Å². The number of carbonyl (C=O) groups is 1. The molecule has 118 valence electrons. The van der Waals surface area contributed by atoms with Crippen LogP contribution in [0, 0.1) is 0 Å². The minimum atomic E-state index is -0.131.